The van der Waals surface area contributed by atoms with E-state index >= 15 is 0 Å². The zero-order chi connectivity index (χ0) is 19.1. The minimum atomic E-state index is 0.437. The molecule has 0 amide bonds. The topological polar surface area (TPSA) is 21.7 Å². The molecule has 0 aliphatic carbocycles. The van der Waals surface area contributed by atoms with Crippen molar-refractivity contribution in [3.8, 4) is 16.9 Å². The third-order valence-corrected chi connectivity index (χ3v) is 5.48. The molecule has 0 aliphatic heterocycles. The van der Waals surface area contributed by atoms with Crippen molar-refractivity contribution >= 4 is 11.0 Å². The average Bonchev–Trinajstić information content (AvgIpc) is 3.00. The summed E-state index contributed by atoms with van der Waals surface area (Å²) in [6.07, 6.45) is 4.04. The Balaban J connectivity index is 2.06. The highest BCUT2D eigenvalue weighted by molar-refractivity contribution is 5.80. The van der Waals surface area contributed by atoms with Gasteiger partial charge in [-0.3, -0.25) is 4.98 Å². The summed E-state index contributed by atoms with van der Waals surface area (Å²) in [5.41, 5.74) is 9.77. The maximum Gasteiger partial charge on any atom is 0.249 e. The molecule has 0 atom stereocenters. The summed E-state index contributed by atoms with van der Waals surface area (Å²) < 4.78 is 4.42. The van der Waals surface area contributed by atoms with E-state index in [2.05, 4.69) is 92.7 Å². The predicted octanol–water partition coefficient (Wildman–Crippen LogP) is 5.26. The van der Waals surface area contributed by atoms with Crippen LogP contribution in [0, 0.1) is 13.8 Å². The molecule has 0 N–H and O–H groups in total. The number of hydrogen-bond donors (Lipinski definition) is 0. The first kappa shape index (κ1) is 17.5. The maximum absolute atomic E-state index is 4.86. The maximum atomic E-state index is 4.86. The van der Waals surface area contributed by atoms with Gasteiger partial charge in [0.1, 0.15) is 5.69 Å². The third kappa shape index (κ3) is 2.84. The molecular weight excluding hydrogens is 330 g/mol. The van der Waals surface area contributed by atoms with Crippen LogP contribution in [0.4, 0.5) is 0 Å². The van der Waals surface area contributed by atoms with E-state index in [-0.39, 0.29) is 0 Å². The molecule has 0 saturated heterocycles. The molecule has 0 aliphatic rings. The van der Waals surface area contributed by atoms with E-state index in [0.717, 1.165) is 11.4 Å². The Hall–Kier alpha value is -2.94. The van der Waals surface area contributed by atoms with Crippen LogP contribution < -0.4 is 4.57 Å². The lowest BCUT2D eigenvalue weighted by molar-refractivity contribution is -0.645. The normalized spacial score (nSPS) is 11.5. The molecule has 4 rings (SSSR count). The van der Waals surface area contributed by atoms with Crippen LogP contribution in [0.5, 0.6) is 0 Å². The molecule has 3 nitrogen and oxygen atoms in total. The van der Waals surface area contributed by atoms with Crippen molar-refractivity contribution in [3.63, 3.8) is 0 Å². The minimum Gasteiger partial charge on any atom is -0.252 e. The van der Waals surface area contributed by atoms with Crippen molar-refractivity contribution in [3.05, 3.63) is 77.7 Å². The molecule has 0 radical (unpaired) electrons. The minimum absolute atomic E-state index is 0.437. The van der Waals surface area contributed by atoms with Gasteiger partial charge < -0.3 is 0 Å². The Bertz CT molecular complexity index is 1140. The molecule has 2 aromatic carbocycles. The van der Waals surface area contributed by atoms with Gasteiger partial charge in [0.25, 0.3) is 0 Å². The summed E-state index contributed by atoms with van der Waals surface area (Å²) in [4.78, 5) is 4.86. The lowest BCUT2D eigenvalue weighted by Crippen LogP contribution is -2.25. The molecule has 136 valence electrons. The predicted molar refractivity (Wildman–Crippen MR) is 111 cm³/mol. The molecule has 0 bridgehead atoms. The fourth-order valence-electron chi connectivity index (χ4n) is 3.87. The average molecular weight is 356 g/mol. The van der Waals surface area contributed by atoms with E-state index in [1.165, 1.54) is 33.3 Å². The fraction of sp³-hybridized carbons (Fsp3) is 0.250. The largest absolute Gasteiger partial charge is 0.252 e. The zero-order valence-electron chi connectivity index (χ0n) is 16.7. The van der Waals surface area contributed by atoms with Crippen LogP contribution in [-0.4, -0.2) is 9.55 Å². The van der Waals surface area contributed by atoms with E-state index in [0.29, 0.717) is 5.92 Å². The molecule has 2 aromatic heterocycles. The van der Waals surface area contributed by atoms with E-state index in [4.69, 9.17) is 4.98 Å². The van der Waals surface area contributed by atoms with Crippen molar-refractivity contribution in [1.82, 2.24) is 9.55 Å². The summed E-state index contributed by atoms with van der Waals surface area (Å²) in [6.45, 7) is 8.89. The summed E-state index contributed by atoms with van der Waals surface area (Å²) >= 11 is 0. The number of pyridine rings is 1. The first-order valence-corrected chi connectivity index (χ1v) is 9.50. The smallest absolute Gasteiger partial charge is 0.249 e. The molecular formula is C24H26N3+. The van der Waals surface area contributed by atoms with Crippen LogP contribution in [-0.2, 0) is 7.05 Å². The van der Waals surface area contributed by atoms with Crippen LogP contribution in [0.2, 0.25) is 0 Å². The summed E-state index contributed by atoms with van der Waals surface area (Å²) in [6, 6.07) is 17.2. The number of hydrogen-bond acceptors (Lipinski definition) is 1. The highest BCUT2D eigenvalue weighted by Gasteiger charge is 2.22. The first-order chi connectivity index (χ1) is 13.0. The first-order valence-electron chi connectivity index (χ1n) is 9.50. The molecule has 2 heterocycles. The summed E-state index contributed by atoms with van der Waals surface area (Å²) in [7, 11) is 2.09. The van der Waals surface area contributed by atoms with Crippen LogP contribution >= 0.6 is 0 Å². The van der Waals surface area contributed by atoms with Gasteiger partial charge in [0.2, 0.25) is 6.33 Å². The Morgan fingerprint density at radius 3 is 2.52 bits per heavy atom. The number of aryl methyl sites for hydroxylation is 2. The Kier molecular flexibility index (Phi) is 4.31. The number of fused-ring (bicyclic) bond motifs is 1. The van der Waals surface area contributed by atoms with E-state index in [9.17, 15) is 0 Å². The number of rotatable bonds is 3. The SMILES string of the molecule is Cc1ccc(C(C)C)c(-c2ncccc2-n2c[n+](C)c3ccccc32)c1C. The van der Waals surface area contributed by atoms with Crippen LogP contribution in [0.1, 0.15) is 36.5 Å². The van der Waals surface area contributed by atoms with Gasteiger partial charge in [-0.05, 0) is 60.7 Å². The van der Waals surface area contributed by atoms with Crippen molar-refractivity contribution in [2.45, 2.75) is 33.6 Å². The van der Waals surface area contributed by atoms with E-state index < -0.39 is 0 Å². The number of aromatic nitrogens is 3. The molecule has 0 spiro atoms. The lowest BCUT2D eigenvalue weighted by Gasteiger charge is -2.18. The number of imidazole rings is 1. The standard InChI is InChI=1S/C24H26N3/c1-16(2)19-13-12-17(3)18(4)23(19)24-22(11-8-14-25-24)27-15-26(5)20-9-6-7-10-21(20)27/h6-16H,1-5H3/q+1. The molecule has 4 aromatic rings. The van der Waals surface area contributed by atoms with Crippen molar-refractivity contribution < 1.29 is 4.57 Å². The third-order valence-electron chi connectivity index (χ3n) is 5.48. The van der Waals surface area contributed by atoms with Gasteiger partial charge >= 0.3 is 0 Å². The Morgan fingerprint density at radius 1 is 0.963 bits per heavy atom. The summed E-state index contributed by atoms with van der Waals surface area (Å²) in [5, 5.41) is 0. The fourth-order valence-corrected chi connectivity index (χ4v) is 3.87. The molecule has 0 unspecified atom stereocenters. The van der Waals surface area contributed by atoms with Gasteiger partial charge in [-0.2, -0.15) is 4.57 Å². The molecule has 0 fully saturated rings. The van der Waals surface area contributed by atoms with Gasteiger partial charge in [0, 0.05) is 11.8 Å². The second kappa shape index (κ2) is 6.66. The van der Waals surface area contributed by atoms with Gasteiger partial charge in [-0.25, -0.2) is 4.57 Å². The zero-order valence-corrected chi connectivity index (χ0v) is 16.7. The second-order valence-corrected chi connectivity index (χ2v) is 7.58. The van der Waals surface area contributed by atoms with Crippen LogP contribution in [0.25, 0.3) is 28.0 Å². The Labute approximate surface area is 160 Å². The lowest BCUT2D eigenvalue weighted by atomic mass is 9.88. The Morgan fingerprint density at radius 2 is 1.74 bits per heavy atom. The highest BCUT2D eigenvalue weighted by atomic mass is 15.1. The number of nitrogens with zero attached hydrogens (tertiary/aromatic N) is 3. The number of benzene rings is 2. The van der Waals surface area contributed by atoms with Gasteiger partial charge in [-0.1, -0.05) is 38.1 Å². The van der Waals surface area contributed by atoms with Crippen LogP contribution in [0.3, 0.4) is 0 Å². The molecule has 27 heavy (non-hydrogen) atoms. The van der Waals surface area contributed by atoms with Gasteiger partial charge in [0.05, 0.1) is 7.05 Å². The monoisotopic (exact) mass is 356 g/mol. The van der Waals surface area contributed by atoms with E-state index in [1.54, 1.807) is 0 Å². The molecule has 3 heteroatoms. The van der Waals surface area contributed by atoms with E-state index in [1.807, 2.05) is 12.3 Å². The highest BCUT2D eigenvalue weighted by Crippen LogP contribution is 2.36. The van der Waals surface area contributed by atoms with Crippen LogP contribution in [0.15, 0.2) is 61.1 Å². The van der Waals surface area contributed by atoms with Gasteiger partial charge in [-0.15, -0.1) is 0 Å². The summed E-state index contributed by atoms with van der Waals surface area (Å²) in [5.74, 6) is 0.437. The van der Waals surface area contributed by atoms with Crippen molar-refractivity contribution in [1.29, 1.82) is 0 Å². The van der Waals surface area contributed by atoms with Gasteiger partial charge in [0.15, 0.2) is 16.7 Å². The number of para-hydroxylation sites is 2. The second-order valence-electron chi connectivity index (χ2n) is 7.58. The van der Waals surface area contributed by atoms with Crippen molar-refractivity contribution in [2.75, 3.05) is 0 Å². The quantitative estimate of drug-likeness (QED) is 0.459. The van der Waals surface area contributed by atoms with Crippen molar-refractivity contribution in [2.24, 2.45) is 7.05 Å². The molecule has 0 saturated carbocycles.